The molecule has 0 bridgehead atoms. The smallest absolute Gasteiger partial charge is 0.440 e. The van der Waals surface area contributed by atoms with E-state index < -0.39 is 11.4 Å². The number of aromatic nitrogens is 2. The first-order valence-electron chi connectivity index (χ1n) is 8.94. The van der Waals surface area contributed by atoms with E-state index in [-0.39, 0.29) is 6.54 Å². The maximum Gasteiger partial charge on any atom is 0.440 e. The van der Waals surface area contributed by atoms with Gasteiger partial charge in [-0.3, -0.25) is 0 Å². The summed E-state index contributed by atoms with van der Waals surface area (Å²) in [5, 5.41) is 0. The molecule has 1 heterocycles. The van der Waals surface area contributed by atoms with Gasteiger partial charge >= 0.3 is 11.4 Å². The van der Waals surface area contributed by atoms with Crippen LogP contribution in [0.25, 0.3) is 11.1 Å². The topological polar surface area (TPSA) is 77.2 Å². The fraction of sp³-hybridized carbons (Fsp3) is 0.0909. The summed E-state index contributed by atoms with van der Waals surface area (Å²) in [6.07, 6.45) is 0. The van der Waals surface area contributed by atoms with Crippen molar-refractivity contribution >= 4 is 15.9 Å². The van der Waals surface area contributed by atoms with Gasteiger partial charge in [0, 0.05) is 4.47 Å². The summed E-state index contributed by atoms with van der Waals surface area (Å²) >= 11 is 3.43. The van der Waals surface area contributed by atoms with Crippen molar-refractivity contribution in [3.8, 4) is 16.9 Å². The fourth-order valence-corrected chi connectivity index (χ4v) is 3.16. The van der Waals surface area contributed by atoms with Crippen LogP contribution in [0.3, 0.4) is 0 Å². The van der Waals surface area contributed by atoms with Crippen molar-refractivity contribution in [1.29, 1.82) is 0 Å². The van der Waals surface area contributed by atoms with E-state index in [0.29, 0.717) is 6.61 Å². The first kappa shape index (κ1) is 19.0. The van der Waals surface area contributed by atoms with E-state index in [1.807, 2.05) is 72.8 Å². The second kappa shape index (κ2) is 8.36. The molecule has 0 spiro atoms. The number of hydrogen-bond acceptors (Lipinski definition) is 4. The van der Waals surface area contributed by atoms with Crippen LogP contribution in [0.1, 0.15) is 11.1 Å². The molecular formula is C22H17BrN2O4. The molecule has 0 aliphatic rings. The van der Waals surface area contributed by atoms with Gasteiger partial charge in [-0.05, 0) is 46.5 Å². The molecule has 0 fully saturated rings. The molecule has 4 rings (SSSR count). The zero-order chi connectivity index (χ0) is 20.2. The lowest BCUT2D eigenvalue weighted by Gasteiger charge is -2.09. The van der Waals surface area contributed by atoms with Crippen LogP contribution in [-0.2, 0) is 13.2 Å². The van der Waals surface area contributed by atoms with Crippen molar-refractivity contribution < 1.29 is 9.26 Å². The third-order valence-electron chi connectivity index (χ3n) is 4.39. The van der Waals surface area contributed by atoms with Crippen LogP contribution < -0.4 is 16.2 Å². The molecule has 0 radical (unpaired) electrons. The van der Waals surface area contributed by atoms with Gasteiger partial charge in [-0.15, -0.1) is 4.74 Å². The molecule has 0 amide bonds. The van der Waals surface area contributed by atoms with Crippen LogP contribution in [0.4, 0.5) is 0 Å². The molecule has 7 heteroatoms. The predicted octanol–water partition coefficient (Wildman–Crippen LogP) is 4.19. The highest BCUT2D eigenvalue weighted by atomic mass is 79.9. The molecule has 0 saturated heterocycles. The van der Waals surface area contributed by atoms with E-state index in [2.05, 4.69) is 20.9 Å². The maximum atomic E-state index is 11.5. The second-order valence-corrected chi connectivity index (χ2v) is 7.40. The molecule has 4 aromatic rings. The zero-order valence-corrected chi connectivity index (χ0v) is 16.9. The number of ether oxygens (including phenoxy) is 1. The minimum absolute atomic E-state index is 0.189. The van der Waals surface area contributed by atoms with Crippen LogP contribution in [0.5, 0.6) is 5.75 Å². The van der Waals surface area contributed by atoms with Gasteiger partial charge in [-0.1, -0.05) is 64.5 Å². The van der Waals surface area contributed by atoms with E-state index in [1.54, 1.807) is 0 Å². The highest BCUT2D eigenvalue weighted by Gasteiger charge is 2.05. The Hall–Kier alpha value is -3.32. The molecule has 0 saturated carbocycles. The Kier molecular flexibility index (Phi) is 5.48. The molecule has 1 N–H and O–H groups in total. The molecule has 0 aliphatic heterocycles. The summed E-state index contributed by atoms with van der Waals surface area (Å²) in [5.74, 6) is 0.0294. The van der Waals surface area contributed by atoms with E-state index in [1.165, 1.54) is 0 Å². The molecule has 3 aromatic carbocycles. The van der Waals surface area contributed by atoms with Crippen molar-refractivity contribution in [3.63, 3.8) is 0 Å². The average molecular weight is 453 g/mol. The van der Waals surface area contributed by atoms with Crippen molar-refractivity contribution in [3.05, 3.63) is 109 Å². The van der Waals surface area contributed by atoms with Crippen molar-refractivity contribution in [2.75, 3.05) is 0 Å². The summed E-state index contributed by atoms with van der Waals surface area (Å²) < 4.78 is 12.7. The van der Waals surface area contributed by atoms with Gasteiger partial charge in [-0.2, -0.15) is 0 Å². The molecule has 0 aliphatic carbocycles. The van der Waals surface area contributed by atoms with Gasteiger partial charge in [0.15, 0.2) is 0 Å². The molecule has 1 aromatic heterocycles. The van der Waals surface area contributed by atoms with Gasteiger partial charge in [0.05, 0.1) is 6.54 Å². The van der Waals surface area contributed by atoms with Crippen molar-refractivity contribution in [2.45, 2.75) is 13.2 Å². The number of benzene rings is 3. The van der Waals surface area contributed by atoms with Gasteiger partial charge in [0.2, 0.25) is 0 Å². The Bertz CT molecular complexity index is 1220. The van der Waals surface area contributed by atoms with Gasteiger partial charge in [0.25, 0.3) is 0 Å². The predicted molar refractivity (Wildman–Crippen MR) is 113 cm³/mol. The van der Waals surface area contributed by atoms with Gasteiger partial charge in [-0.25, -0.2) is 14.6 Å². The number of aromatic amines is 1. The Morgan fingerprint density at radius 3 is 2.31 bits per heavy atom. The Balaban J connectivity index is 1.46. The SMILES string of the molecule is O=c1[nH]c(=O)n(Cc2ccc(-c3cccc(OCc4ccc(Br)cc4)c3)cc2)o1. The van der Waals surface area contributed by atoms with E-state index in [0.717, 1.165) is 37.2 Å². The number of nitrogens with zero attached hydrogens (tertiary/aromatic N) is 1. The summed E-state index contributed by atoms with van der Waals surface area (Å²) in [7, 11) is 0. The lowest BCUT2D eigenvalue weighted by Crippen LogP contribution is -2.17. The number of rotatable bonds is 6. The highest BCUT2D eigenvalue weighted by molar-refractivity contribution is 9.10. The Morgan fingerprint density at radius 1 is 0.897 bits per heavy atom. The third-order valence-corrected chi connectivity index (χ3v) is 4.92. The summed E-state index contributed by atoms with van der Waals surface area (Å²) in [5.41, 5.74) is 3.42. The lowest BCUT2D eigenvalue weighted by atomic mass is 10.0. The van der Waals surface area contributed by atoms with Gasteiger partial charge in [0.1, 0.15) is 12.4 Å². The van der Waals surface area contributed by atoms with Crippen LogP contribution in [0.2, 0.25) is 0 Å². The van der Waals surface area contributed by atoms with E-state index >= 15 is 0 Å². The quantitative estimate of drug-likeness (QED) is 0.475. The third kappa shape index (κ3) is 4.75. The van der Waals surface area contributed by atoms with Crippen LogP contribution >= 0.6 is 15.9 Å². The summed E-state index contributed by atoms with van der Waals surface area (Å²) in [6.45, 7) is 0.681. The van der Waals surface area contributed by atoms with Crippen molar-refractivity contribution in [1.82, 2.24) is 9.72 Å². The fourth-order valence-electron chi connectivity index (χ4n) is 2.90. The normalized spacial score (nSPS) is 10.8. The number of nitrogens with one attached hydrogen (secondary N) is 1. The van der Waals surface area contributed by atoms with E-state index in [4.69, 9.17) is 9.26 Å². The van der Waals surface area contributed by atoms with Crippen LogP contribution in [0.15, 0.2) is 91.4 Å². The molecule has 6 nitrogen and oxygen atoms in total. The first-order valence-corrected chi connectivity index (χ1v) is 9.73. The molecule has 0 unspecified atom stereocenters. The number of halogens is 1. The maximum absolute atomic E-state index is 11.5. The molecule has 146 valence electrons. The summed E-state index contributed by atoms with van der Waals surface area (Å²) in [6, 6.07) is 23.6. The minimum Gasteiger partial charge on any atom is -0.489 e. The molecule has 29 heavy (non-hydrogen) atoms. The first-order chi connectivity index (χ1) is 14.1. The van der Waals surface area contributed by atoms with Crippen LogP contribution in [0, 0.1) is 0 Å². The summed E-state index contributed by atoms with van der Waals surface area (Å²) in [4.78, 5) is 24.7. The largest absolute Gasteiger partial charge is 0.489 e. The lowest BCUT2D eigenvalue weighted by molar-refractivity contribution is 0.258. The van der Waals surface area contributed by atoms with Crippen molar-refractivity contribution in [2.24, 2.45) is 0 Å². The molecule has 0 atom stereocenters. The monoisotopic (exact) mass is 452 g/mol. The Morgan fingerprint density at radius 2 is 1.62 bits per heavy atom. The average Bonchev–Trinajstić information content (AvgIpc) is 3.05. The second-order valence-electron chi connectivity index (χ2n) is 6.49. The molecular weight excluding hydrogens is 436 g/mol. The van der Waals surface area contributed by atoms with Crippen LogP contribution in [-0.4, -0.2) is 9.72 Å². The van der Waals surface area contributed by atoms with E-state index in [9.17, 15) is 9.59 Å². The number of H-pyrrole nitrogens is 1. The Labute approximate surface area is 174 Å². The standard InChI is InChI=1S/C22H17BrN2O4/c23-19-10-6-16(7-11-19)14-28-20-3-1-2-18(12-20)17-8-4-15(5-9-17)13-25-21(26)24-22(27)29-25/h1-12H,13-14H2,(H,24,26,27). The van der Waals surface area contributed by atoms with Gasteiger partial charge < -0.3 is 9.26 Å². The minimum atomic E-state index is -0.758. The number of hydrogen-bond donors (Lipinski definition) is 1. The zero-order valence-electron chi connectivity index (χ0n) is 15.3. The highest BCUT2D eigenvalue weighted by Crippen LogP contribution is 2.25.